The van der Waals surface area contributed by atoms with Crippen molar-refractivity contribution >= 4 is 28.7 Å². The number of nitrogen functional groups attached to an aromatic ring is 1. The van der Waals surface area contributed by atoms with Gasteiger partial charge in [-0.1, -0.05) is 32.9 Å². The van der Waals surface area contributed by atoms with Crippen LogP contribution in [0.25, 0.3) is 11.2 Å². The van der Waals surface area contributed by atoms with E-state index in [-0.39, 0.29) is 29.6 Å². The predicted octanol–water partition coefficient (Wildman–Crippen LogP) is 3.32. The van der Waals surface area contributed by atoms with E-state index in [1.807, 2.05) is 16.7 Å². The second-order valence-electron chi connectivity index (χ2n) is 11.1. The molecular formula is C26H36N8O2. The zero-order valence-corrected chi connectivity index (χ0v) is 21.4. The average Bonchev–Trinajstić information content (AvgIpc) is 3.43. The number of amides is 2. The number of likely N-dealkylation sites (N-methyl/N-ethyl adjacent to an activating group) is 1. The van der Waals surface area contributed by atoms with Gasteiger partial charge in [-0.25, -0.2) is 19.7 Å². The van der Waals surface area contributed by atoms with Gasteiger partial charge in [0.1, 0.15) is 11.8 Å². The Labute approximate surface area is 211 Å². The Bertz CT molecular complexity index is 1210. The van der Waals surface area contributed by atoms with Crippen molar-refractivity contribution in [2.75, 3.05) is 31.2 Å². The van der Waals surface area contributed by atoms with E-state index in [2.05, 4.69) is 70.4 Å². The highest BCUT2D eigenvalue weighted by atomic mass is 16.5. The van der Waals surface area contributed by atoms with Gasteiger partial charge in [-0.3, -0.25) is 0 Å². The lowest BCUT2D eigenvalue weighted by molar-refractivity contribution is 0.0433. The van der Waals surface area contributed by atoms with Crippen LogP contribution in [0.3, 0.4) is 0 Å². The molecule has 192 valence electrons. The smallest absolute Gasteiger partial charge is 0.319 e. The minimum atomic E-state index is -0.149. The Balaban J connectivity index is 1.05. The van der Waals surface area contributed by atoms with Crippen molar-refractivity contribution in [1.82, 2.24) is 29.7 Å². The molecule has 3 heterocycles. The van der Waals surface area contributed by atoms with Gasteiger partial charge in [0.25, 0.3) is 0 Å². The molecule has 0 bridgehead atoms. The highest BCUT2D eigenvalue weighted by Crippen LogP contribution is 2.31. The van der Waals surface area contributed by atoms with E-state index in [1.54, 1.807) is 6.33 Å². The summed E-state index contributed by atoms with van der Waals surface area (Å²) in [6.45, 7) is 8.01. The molecule has 2 fully saturated rings. The number of fused-ring (bicyclic) bond motifs is 1. The first-order chi connectivity index (χ1) is 17.2. The molecule has 4 N–H and O–H groups in total. The summed E-state index contributed by atoms with van der Waals surface area (Å²) < 4.78 is 8.15. The van der Waals surface area contributed by atoms with Crippen LogP contribution in [0.4, 0.5) is 16.3 Å². The lowest BCUT2D eigenvalue weighted by Gasteiger charge is -2.42. The van der Waals surface area contributed by atoms with Crippen LogP contribution in [0.5, 0.6) is 0 Å². The number of hydrogen-bond acceptors (Lipinski definition) is 7. The first-order valence-corrected chi connectivity index (χ1v) is 12.6. The summed E-state index contributed by atoms with van der Waals surface area (Å²) in [6, 6.07) is 8.71. The summed E-state index contributed by atoms with van der Waals surface area (Å²) >= 11 is 0. The van der Waals surface area contributed by atoms with Gasteiger partial charge in [-0.15, -0.1) is 0 Å². The first kappa shape index (κ1) is 24.5. The van der Waals surface area contributed by atoms with E-state index >= 15 is 0 Å². The summed E-state index contributed by atoms with van der Waals surface area (Å²) in [6.07, 6.45) is 6.16. The van der Waals surface area contributed by atoms with Crippen molar-refractivity contribution in [3.8, 4) is 0 Å². The quantitative estimate of drug-likeness (QED) is 0.482. The lowest BCUT2D eigenvalue weighted by atomic mass is 9.85. The number of rotatable bonds is 6. The summed E-state index contributed by atoms with van der Waals surface area (Å²) in [5, 5.41) is 6.04. The van der Waals surface area contributed by atoms with Crippen molar-refractivity contribution in [3.05, 3.63) is 42.5 Å². The molecule has 1 aliphatic heterocycles. The highest BCUT2D eigenvalue weighted by molar-refractivity contribution is 5.89. The molecule has 10 heteroatoms. The molecule has 5 rings (SSSR count). The van der Waals surface area contributed by atoms with Gasteiger partial charge in [0, 0.05) is 24.3 Å². The topological polar surface area (TPSA) is 123 Å². The van der Waals surface area contributed by atoms with Gasteiger partial charge < -0.3 is 30.6 Å². The van der Waals surface area contributed by atoms with Gasteiger partial charge in [-0.05, 0) is 49.4 Å². The van der Waals surface area contributed by atoms with Gasteiger partial charge in [0.2, 0.25) is 0 Å². The molecule has 1 aliphatic carbocycles. The van der Waals surface area contributed by atoms with Crippen LogP contribution in [-0.4, -0.2) is 68.8 Å². The molecule has 2 amide bonds. The Morgan fingerprint density at radius 3 is 2.64 bits per heavy atom. The number of nitrogens with zero attached hydrogens (tertiary/aromatic N) is 5. The lowest BCUT2D eigenvalue weighted by Crippen LogP contribution is -2.54. The fourth-order valence-electron chi connectivity index (χ4n) is 5.09. The number of anilines is 2. The van der Waals surface area contributed by atoms with E-state index in [4.69, 9.17) is 10.5 Å². The Morgan fingerprint density at radius 2 is 1.92 bits per heavy atom. The Morgan fingerprint density at radius 1 is 1.17 bits per heavy atom. The van der Waals surface area contributed by atoms with E-state index in [9.17, 15) is 4.79 Å². The van der Waals surface area contributed by atoms with Gasteiger partial charge in [0.15, 0.2) is 11.5 Å². The number of imidazole rings is 1. The molecule has 2 unspecified atom stereocenters. The summed E-state index contributed by atoms with van der Waals surface area (Å²) in [5.41, 5.74) is 9.45. The third kappa shape index (κ3) is 5.15. The molecule has 0 spiro atoms. The van der Waals surface area contributed by atoms with Crippen molar-refractivity contribution in [2.24, 2.45) is 0 Å². The van der Waals surface area contributed by atoms with Gasteiger partial charge >= 0.3 is 6.03 Å². The van der Waals surface area contributed by atoms with Crippen molar-refractivity contribution in [3.63, 3.8) is 0 Å². The van der Waals surface area contributed by atoms with Crippen molar-refractivity contribution in [2.45, 2.75) is 69.7 Å². The van der Waals surface area contributed by atoms with E-state index in [0.29, 0.717) is 24.0 Å². The standard InChI is InChI=1S/C26H36N8O2/c1-26(2,3)16-5-7-17(8-6-16)31-25(35)32-18-9-19(10-18)33(4)12-21-11-20(13-36-21)34-15-30-22-23(27)28-14-29-24(22)34/h5-8,14-15,18-21H,9-13H2,1-4H3,(H2,27,28,29)(H2,31,32,35). The molecule has 2 atom stereocenters. The molecule has 10 nitrogen and oxygen atoms in total. The third-order valence-corrected chi connectivity index (χ3v) is 7.41. The summed E-state index contributed by atoms with van der Waals surface area (Å²) in [4.78, 5) is 27.5. The van der Waals surface area contributed by atoms with Crippen LogP contribution in [-0.2, 0) is 10.2 Å². The van der Waals surface area contributed by atoms with Crippen molar-refractivity contribution in [1.29, 1.82) is 0 Å². The normalized spacial score (nSPS) is 24.1. The summed E-state index contributed by atoms with van der Waals surface area (Å²) in [7, 11) is 2.13. The fourth-order valence-corrected chi connectivity index (χ4v) is 5.09. The van der Waals surface area contributed by atoms with Gasteiger partial charge in [0.05, 0.1) is 25.1 Å². The second kappa shape index (κ2) is 9.67. The number of aromatic nitrogens is 4. The number of nitrogens with one attached hydrogen (secondary N) is 2. The maximum Gasteiger partial charge on any atom is 0.319 e. The van der Waals surface area contributed by atoms with Crippen LogP contribution < -0.4 is 16.4 Å². The number of carbonyl (C=O) groups is 1. The van der Waals surface area contributed by atoms with E-state index < -0.39 is 0 Å². The number of ether oxygens (including phenoxy) is 1. The highest BCUT2D eigenvalue weighted by Gasteiger charge is 2.36. The SMILES string of the molecule is CN(CC1CC(n2cnc3c(N)ncnc32)CO1)C1CC(NC(=O)Nc2ccc(C(C)(C)C)cc2)C1. The molecule has 36 heavy (non-hydrogen) atoms. The number of nitrogens with two attached hydrogens (primary N) is 1. The molecule has 1 saturated carbocycles. The zero-order chi connectivity index (χ0) is 25.4. The largest absolute Gasteiger partial charge is 0.382 e. The van der Waals surface area contributed by atoms with Crippen LogP contribution in [0.1, 0.15) is 51.6 Å². The minimum Gasteiger partial charge on any atom is -0.382 e. The van der Waals surface area contributed by atoms with Crippen LogP contribution in [0.15, 0.2) is 36.9 Å². The Kier molecular flexibility index (Phi) is 6.57. The van der Waals surface area contributed by atoms with Crippen LogP contribution >= 0.6 is 0 Å². The second-order valence-corrected chi connectivity index (χ2v) is 11.1. The number of benzene rings is 1. The molecular weight excluding hydrogens is 456 g/mol. The fraction of sp³-hybridized carbons (Fsp3) is 0.538. The number of hydrogen-bond donors (Lipinski definition) is 3. The average molecular weight is 493 g/mol. The maximum absolute atomic E-state index is 12.4. The maximum atomic E-state index is 12.4. The van der Waals surface area contributed by atoms with Crippen molar-refractivity contribution < 1.29 is 9.53 Å². The van der Waals surface area contributed by atoms with E-state index in [1.165, 1.54) is 11.9 Å². The van der Waals surface area contributed by atoms with Crippen LogP contribution in [0, 0.1) is 0 Å². The van der Waals surface area contributed by atoms with E-state index in [0.717, 1.165) is 37.1 Å². The summed E-state index contributed by atoms with van der Waals surface area (Å²) in [5.74, 6) is 0.397. The molecule has 2 aromatic heterocycles. The Hall–Kier alpha value is -3.24. The number of carbonyl (C=O) groups excluding carboxylic acids is 1. The predicted molar refractivity (Wildman–Crippen MR) is 140 cm³/mol. The minimum absolute atomic E-state index is 0.0928. The van der Waals surface area contributed by atoms with Crippen LogP contribution in [0.2, 0.25) is 0 Å². The monoisotopic (exact) mass is 492 g/mol. The third-order valence-electron chi connectivity index (χ3n) is 7.41. The zero-order valence-electron chi connectivity index (χ0n) is 21.4. The number of urea groups is 1. The molecule has 1 saturated heterocycles. The molecule has 0 radical (unpaired) electrons. The molecule has 1 aromatic carbocycles. The first-order valence-electron chi connectivity index (χ1n) is 12.6. The molecule has 3 aromatic rings. The molecule has 2 aliphatic rings. The van der Waals surface area contributed by atoms with Gasteiger partial charge in [-0.2, -0.15) is 0 Å².